The molecule has 1 aromatic heterocycles. The first-order valence-corrected chi connectivity index (χ1v) is 2.95. The van der Waals surface area contributed by atoms with Gasteiger partial charge in [0.15, 0.2) is 0 Å². The van der Waals surface area contributed by atoms with Crippen LogP contribution in [0.5, 0.6) is 0 Å². The SMILES string of the molecule is [2H]C([2H])c1ccc(Br)cn1. The Morgan fingerprint density at radius 3 is 3.12 bits per heavy atom. The standard InChI is InChI=1S/C6H6BrN/c1-5-2-3-6(7)4-8-5/h2-4H,1H3/i1D2. The molecule has 0 fully saturated rings. The predicted molar refractivity (Wildman–Crippen MR) is 36.7 cm³/mol. The first-order chi connectivity index (χ1) is 4.70. The van der Waals surface area contributed by atoms with Gasteiger partial charge in [-0.2, -0.15) is 0 Å². The Bertz CT molecular complexity index is 209. The summed E-state index contributed by atoms with van der Waals surface area (Å²) < 4.78 is 14.8. The first kappa shape index (κ1) is 3.62. The summed E-state index contributed by atoms with van der Waals surface area (Å²) in [6.07, 6.45) is 1.59. The number of halogens is 1. The van der Waals surface area contributed by atoms with Gasteiger partial charge in [-0.25, -0.2) is 0 Å². The molecule has 2 heteroatoms. The number of aromatic nitrogens is 1. The summed E-state index contributed by atoms with van der Waals surface area (Å²) in [5, 5.41) is 0. The molecule has 0 atom stereocenters. The van der Waals surface area contributed by atoms with Crippen molar-refractivity contribution in [1.29, 1.82) is 0 Å². The van der Waals surface area contributed by atoms with Gasteiger partial charge in [-0.1, -0.05) is 0 Å². The summed E-state index contributed by atoms with van der Waals surface area (Å²) in [6, 6.07) is 3.44. The van der Waals surface area contributed by atoms with Crippen molar-refractivity contribution in [2.45, 2.75) is 6.88 Å². The third kappa shape index (κ3) is 1.30. The van der Waals surface area contributed by atoms with Crippen molar-refractivity contribution in [1.82, 2.24) is 4.98 Å². The number of hydrogen-bond donors (Lipinski definition) is 0. The molecule has 0 unspecified atom stereocenters. The van der Waals surface area contributed by atoms with E-state index in [4.69, 9.17) is 2.74 Å². The van der Waals surface area contributed by atoms with Crippen molar-refractivity contribution in [2.24, 2.45) is 0 Å². The van der Waals surface area contributed by atoms with Gasteiger partial charge < -0.3 is 0 Å². The van der Waals surface area contributed by atoms with Gasteiger partial charge in [0.05, 0.1) is 0 Å². The number of pyridine rings is 1. The second-order valence-corrected chi connectivity index (χ2v) is 2.32. The van der Waals surface area contributed by atoms with Gasteiger partial charge in [0.1, 0.15) is 0 Å². The van der Waals surface area contributed by atoms with Crippen LogP contribution in [0.25, 0.3) is 0 Å². The molecule has 0 saturated heterocycles. The van der Waals surface area contributed by atoms with Crippen LogP contribution in [0.4, 0.5) is 0 Å². The van der Waals surface area contributed by atoms with Gasteiger partial charge in [-0.3, -0.25) is 4.98 Å². The highest BCUT2D eigenvalue weighted by atomic mass is 79.9. The molecule has 0 N–H and O–H groups in total. The van der Waals surface area contributed by atoms with E-state index < -0.39 is 6.88 Å². The summed E-state index contributed by atoms with van der Waals surface area (Å²) in [4.78, 5) is 3.86. The summed E-state index contributed by atoms with van der Waals surface area (Å²) >= 11 is 3.21. The lowest BCUT2D eigenvalue weighted by Gasteiger charge is -1.87. The fourth-order valence-electron chi connectivity index (χ4n) is 0.387. The minimum Gasteiger partial charge on any atom is -0.260 e. The van der Waals surface area contributed by atoms with E-state index in [-0.39, 0.29) is 0 Å². The van der Waals surface area contributed by atoms with Crippen molar-refractivity contribution >= 4 is 15.9 Å². The molecule has 0 aliphatic heterocycles. The fourth-order valence-corrected chi connectivity index (χ4v) is 0.622. The van der Waals surface area contributed by atoms with Crippen LogP contribution in [-0.2, 0) is 0 Å². The van der Waals surface area contributed by atoms with Crippen LogP contribution in [0.2, 0.25) is 0 Å². The number of rotatable bonds is 0. The molecule has 1 nitrogen and oxygen atoms in total. The molecule has 0 bridgehead atoms. The van der Waals surface area contributed by atoms with Gasteiger partial charge in [-0.05, 0) is 34.9 Å². The molecule has 0 aromatic carbocycles. The van der Waals surface area contributed by atoms with Gasteiger partial charge in [-0.15, -0.1) is 0 Å². The first-order valence-electron chi connectivity index (χ1n) is 3.31. The molecule has 0 spiro atoms. The average molecular weight is 174 g/mol. The van der Waals surface area contributed by atoms with Crippen molar-refractivity contribution in [3.05, 3.63) is 28.5 Å². The van der Waals surface area contributed by atoms with Crippen LogP contribution in [0.1, 0.15) is 8.44 Å². The molecule has 0 amide bonds. The zero-order valence-corrected chi connectivity index (χ0v) is 5.72. The van der Waals surface area contributed by atoms with E-state index in [1.807, 2.05) is 0 Å². The van der Waals surface area contributed by atoms with E-state index >= 15 is 0 Å². The number of nitrogens with zero attached hydrogens (tertiary/aromatic N) is 1. The maximum absolute atomic E-state index is 6.98. The Hall–Kier alpha value is -0.370. The van der Waals surface area contributed by atoms with Crippen molar-refractivity contribution < 1.29 is 2.74 Å². The minimum atomic E-state index is -0.979. The Morgan fingerprint density at radius 1 is 1.75 bits per heavy atom. The van der Waals surface area contributed by atoms with E-state index in [1.165, 1.54) is 0 Å². The highest BCUT2D eigenvalue weighted by Gasteiger charge is 1.82. The summed E-state index contributed by atoms with van der Waals surface area (Å²) in [5.74, 6) is 0. The second-order valence-electron chi connectivity index (χ2n) is 1.40. The van der Waals surface area contributed by atoms with Gasteiger partial charge in [0, 0.05) is 19.1 Å². The molecular formula is C6H6BrN. The maximum Gasteiger partial charge on any atom is 0.0413 e. The highest BCUT2D eigenvalue weighted by Crippen LogP contribution is 2.05. The van der Waals surface area contributed by atoms with Crippen LogP contribution in [0.3, 0.4) is 0 Å². The highest BCUT2D eigenvalue weighted by molar-refractivity contribution is 9.10. The molecule has 0 aliphatic rings. The molecular weight excluding hydrogens is 166 g/mol. The maximum atomic E-state index is 6.98. The number of hydrogen-bond acceptors (Lipinski definition) is 1. The molecule has 1 rings (SSSR count). The summed E-state index contributed by atoms with van der Waals surface area (Å²) in [6.45, 7) is -0.979. The van der Waals surface area contributed by atoms with Crippen LogP contribution in [-0.4, -0.2) is 4.98 Å². The normalized spacial score (nSPS) is 13.2. The van der Waals surface area contributed by atoms with Crippen LogP contribution in [0.15, 0.2) is 22.8 Å². The van der Waals surface area contributed by atoms with Gasteiger partial charge in [0.25, 0.3) is 0 Å². The lowest BCUT2D eigenvalue weighted by molar-refractivity contribution is 1.19. The zero-order valence-electron chi connectivity index (χ0n) is 6.13. The van der Waals surface area contributed by atoms with E-state index in [0.29, 0.717) is 5.69 Å². The van der Waals surface area contributed by atoms with Crippen LogP contribution >= 0.6 is 15.9 Å². The Balaban J connectivity index is 2.89. The Morgan fingerprint density at radius 2 is 2.62 bits per heavy atom. The lowest BCUT2D eigenvalue weighted by Crippen LogP contribution is -1.75. The fraction of sp³-hybridized carbons (Fsp3) is 0.167. The quantitative estimate of drug-likeness (QED) is 0.587. The average Bonchev–Trinajstić information content (AvgIpc) is 1.88. The third-order valence-electron chi connectivity index (χ3n) is 0.750. The Labute approximate surface area is 59.7 Å². The van der Waals surface area contributed by atoms with Crippen LogP contribution in [0, 0.1) is 6.88 Å². The largest absolute Gasteiger partial charge is 0.260 e. The molecule has 1 heterocycles. The molecule has 0 radical (unpaired) electrons. The zero-order chi connectivity index (χ0) is 7.56. The van der Waals surface area contributed by atoms with E-state index in [9.17, 15) is 0 Å². The molecule has 0 saturated carbocycles. The van der Waals surface area contributed by atoms with E-state index in [2.05, 4.69) is 20.9 Å². The van der Waals surface area contributed by atoms with Gasteiger partial charge >= 0.3 is 0 Å². The number of aryl methyl sites for hydroxylation is 1. The van der Waals surface area contributed by atoms with Crippen LogP contribution < -0.4 is 0 Å². The topological polar surface area (TPSA) is 12.9 Å². The Kier molecular flexibility index (Phi) is 1.02. The lowest BCUT2D eigenvalue weighted by atomic mass is 10.4. The molecule has 1 aromatic rings. The molecule has 0 aliphatic carbocycles. The monoisotopic (exact) mass is 173 g/mol. The van der Waals surface area contributed by atoms with E-state index in [1.54, 1.807) is 18.3 Å². The van der Waals surface area contributed by atoms with Crippen molar-refractivity contribution in [3.8, 4) is 0 Å². The second kappa shape index (κ2) is 2.27. The van der Waals surface area contributed by atoms with Crippen molar-refractivity contribution in [3.63, 3.8) is 0 Å². The summed E-state index contributed by atoms with van der Waals surface area (Å²) in [5.41, 5.74) is 0.475. The molecule has 8 heavy (non-hydrogen) atoms. The van der Waals surface area contributed by atoms with Gasteiger partial charge in [0.2, 0.25) is 0 Å². The third-order valence-corrected chi connectivity index (χ3v) is 1.22. The van der Waals surface area contributed by atoms with Crippen molar-refractivity contribution in [2.75, 3.05) is 0 Å². The molecule has 42 valence electrons. The van der Waals surface area contributed by atoms with E-state index in [0.717, 1.165) is 4.47 Å². The summed E-state index contributed by atoms with van der Waals surface area (Å²) in [7, 11) is 0. The minimum absolute atomic E-state index is 0.475. The predicted octanol–water partition coefficient (Wildman–Crippen LogP) is 2.15. The smallest absolute Gasteiger partial charge is 0.0413 e.